The number of rotatable bonds is 39. The second-order valence-electron chi connectivity index (χ2n) is 14.9. The van der Waals surface area contributed by atoms with Crippen molar-refractivity contribution in [3.8, 4) is 0 Å². The summed E-state index contributed by atoms with van der Waals surface area (Å²) in [5, 5.41) is 0. The van der Waals surface area contributed by atoms with Gasteiger partial charge in [0.15, 0.2) is 0 Å². The first-order chi connectivity index (χ1) is 23.5. The average Bonchev–Trinajstić information content (AvgIpc) is 3.08. The van der Waals surface area contributed by atoms with Crippen molar-refractivity contribution in [2.45, 2.75) is 258 Å². The zero-order chi connectivity index (χ0) is 35.2. The average molecular weight is 680 g/mol. The van der Waals surface area contributed by atoms with Crippen LogP contribution >= 0.6 is 0 Å². The fourth-order valence-electron chi connectivity index (χ4n) is 6.69. The summed E-state index contributed by atoms with van der Waals surface area (Å²) in [6.45, 7) is 7.34. The molecule has 0 saturated heterocycles. The third-order valence-electron chi connectivity index (χ3n) is 9.98. The third kappa shape index (κ3) is 36.2. The second kappa shape index (κ2) is 38.7. The minimum Gasteiger partial charge on any atom is -0.466 e. The van der Waals surface area contributed by atoms with E-state index in [4.69, 9.17) is 15.2 Å². The van der Waals surface area contributed by atoms with Gasteiger partial charge in [0.1, 0.15) is 6.10 Å². The Bertz CT molecular complexity index is 653. The van der Waals surface area contributed by atoms with E-state index in [1.807, 2.05) is 0 Å². The highest BCUT2D eigenvalue weighted by Gasteiger charge is 2.14. The molecule has 2 N–H and O–H groups in total. The van der Waals surface area contributed by atoms with Crippen molar-refractivity contribution in [3.05, 3.63) is 0 Å². The molecule has 1 atom stereocenters. The van der Waals surface area contributed by atoms with E-state index in [0.717, 1.165) is 57.8 Å². The Kier molecular flexibility index (Phi) is 37.8. The van der Waals surface area contributed by atoms with Crippen molar-refractivity contribution in [1.82, 2.24) is 0 Å². The topological polar surface area (TPSA) is 78.6 Å². The summed E-state index contributed by atoms with van der Waals surface area (Å²) in [5.41, 5.74) is 6.40. The first-order valence-corrected chi connectivity index (χ1v) is 21.6. The van der Waals surface area contributed by atoms with Crippen molar-refractivity contribution in [1.29, 1.82) is 0 Å². The fourth-order valence-corrected chi connectivity index (χ4v) is 6.69. The van der Waals surface area contributed by atoms with E-state index in [1.165, 1.54) is 154 Å². The van der Waals surface area contributed by atoms with Crippen LogP contribution in [0.25, 0.3) is 0 Å². The van der Waals surface area contributed by atoms with E-state index in [9.17, 15) is 9.59 Å². The van der Waals surface area contributed by atoms with Crippen LogP contribution in [0.5, 0.6) is 0 Å². The molecule has 0 aromatic carbocycles. The summed E-state index contributed by atoms with van der Waals surface area (Å²) >= 11 is 0. The van der Waals surface area contributed by atoms with Crippen molar-refractivity contribution in [2.75, 3.05) is 6.61 Å². The van der Waals surface area contributed by atoms with Crippen LogP contribution in [0, 0.1) is 0 Å². The lowest BCUT2D eigenvalue weighted by Gasteiger charge is -2.18. The molecule has 0 aliphatic carbocycles. The molecule has 0 aliphatic heterocycles. The lowest BCUT2D eigenvalue weighted by molar-refractivity contribution is -0.150. The maximum atomic E-state index is 12.6. The Hall–Kier alpha value is -1.10. The highest BCUT2D eigenvalue weighted by Crippen LogP contribution is 2.19. The molecule has 1 unspecified atom stereocenters. The molecule has 0 aromatic heterocycles. The number of hydrogen-bond donors (Lipinski definition) is 1. The molecule has 0 saturated carbocycles. The zero-order valence-corrected chi connectivity index (χ0v) is 32.8. The Balaban J connectivity index is 3.73. The number of carbonyl (C=O) groups is 2. The monoisotopic (exact) mass is 680 g/mol. The molecule has 0 radical (unpaired) electrons. The molecule has 0 aliphatic rings. The highest BCUT2D eigenvalue weighted by atomic mass is 16.5. The third-order valence-corrected chi connectivity index (χ3v) is 9.98. The minimum absolute atomic E-state index is 0.0134. The van der Waals surface area contributed by atoms with Gasteiger partial charge in [-0.05, 0) is 57.8 Å². The maximum Gasteiger partial charge on any atom is 0.306 e. The van der Waals surface area contributed by atoms with Gasteiger partial charge in [0.05, 0.1) is 6.61 Å². The van der Waals surface area contributed by atoms with Gasteiger partial charge in [-0.2, -0.15) is 0 Å². The van der Waals surface area contributed by atoms with Crippen molar-refractivity contribution in [3.63, 3.8) is 0 Å². The van der Waals surface area contributed by atoms with E-state index in [0.29, 0.717) is 25.5 Å². The van der Waals surface area contributed by atoms with Gasteiger partial charge in [-0.15, -0.1) is 0 Å². The molecular formula is C43H85NO4. The quantitative estimate of drug-likeness (QED) is 0.0517. The minimum atomic E-state index is -0.0134. The highest BCUT2D eigenvalue weighted by molar-refractivity contribution is 5.69. The molecule has 0 bridgehead atoms. The molecule has 5 nitrogen and oxygen atoms in total. The van der Waals surface area contributed by atoms with E-state index < -0.39 is 0 Å². The first kappa shape index (κ1) is 46.9. The summed E-state index contributed by atoms with van der Waals surface area (Å²) in [6, 6.07) is 0.327. The van der Waals surface area contributed by atoms with Crippen molar-refractivity contribution >= 4 is 11.9 Å². The molecule has 0 rings (SSSR count). The SMILES string of the molecule is CCCCCCCCC(CCCCCCCC)OC(=O)CCCCCCCC(N)CCCCCCCCCC(=O)OCCCCCCC. The predicted molar refractivity (Wildman–Crippen MR) is 207 cm³/mol. The molecule has 0 fully saturated rings. The lowest BCUT2D eigenvalue weighted by atomic mass is 10.0. The van der Waals surface area contributed by atoms with Gasteiger partial charge >= 0.3 is 11.9 Å². The van der Waals surface area contributed by atoms with Crippen molar-refractivity contribution in [2.24, 2.45) is 5.73 Å². The number of hydrogen-bond acceptors (Lipinski definition) is 5. The molecule has 5 heteroatoms. The standard InChI is InChI=1S/C43H85NO4/c1-4-7-10-13-21-28-35-41(36-29-22-14-11-8-5-2)48-43(46)38-31-24-18-20-27-34-40(44)33-26-19-16-15-17-23-30-37-42(45)47-39-32-25-12-9-6-3/h40-41H,4-39,44H2,1-3H3. The summed E-state index contributed by atoms with van der Waals surface area (Å²) in [7, 11) is 0. The number of carbonyl (C=O) groups excluding carboxylic acids is 2. The van der Waals surface area contributed by atoms with Crippen LogP contribution in [-0.2, 0) is 19.1 Å². The van der Waals surface area contributed by atoms with E-state index in [2.05, 4.69) is 20.8 Å². The Labute approximate surface area is 300 Å². The molecule has 0 heterocycles. The number of nitrogens with two attached hydrogens (primary N) is 1. The summed E-state index contributed by atoms with van der Waals surface area (Å²) < 4.78 is 11.4. The maximum absolute atomic E-state index is 12.6. The molecule has 0 amide bonds. The molecule has 0 aromatic rings. The van der Waals surface area contributed by atoms with Gasteiger partial charge in [-0.25, -0.2) is 0 Å². The van der Waals surface area contributed by atoms with Gasteiger partial charge in [-0.3, -0.25) is 9.59 Å². The Morgan fingerprint density at radius 1 is 0.417 bits per heavy atom. The van der Waals surface area contributed by atoms with Crippen LogP contribution < -0.4 is 5.73 Å². The van der Waals surface area contributed by atoms with E-state index in [1.54, 1.807) is 0 Å². The summed E-state index contributed by atoms with van der Waals surface area (Å²) in [5.74, 6) is 0.0167. The summed E-state index contributed by atoms with van der Waals surface area (Å²) in [4.78, 5) is 24.4. The molecule has 286 valence electrons. The smallest absolute Gasteiger partial charge is 0.306 e. The van der Waals surface area contributed by atoms with Crippen LogP contribution in [0.2, 0.25) is 0 Å². The zero-order valence-electron chi connectivity index (χ0n) is 32.8. The first-order valence-electron chi connectivity index (χ1n) is 21.6. The van der Waals surface area contributed by atoms with Crippen LogP contribution in [0.4, 0.5) is 0 Å². The second-order valence-corrected chi connectivity index (χ2v) is 14.9. The summed E-state index contributed by atoms with van der Waals surface area (Å²) in [6.07, 6.45) is 41.1. The van der Waals surface area contributed by atoms with E-state index in [-0.39, 0.29) is 18.0 Å². The van der Waals surface area contributed by atoms with Crippen LogP contribution in [0.3, 0.4) is 0 Å². The Morgan fingerprint density at radius 3 is 1.19 bits per heavy atom. The number of ether oxygens (including phenoxy) is 2. The van der Waals surface area contributed by atoms with Crippen molar-refractivity contribution < 1.29 is 19.1 Å². The number of esters is 2. The predicted octanol–water partition coefficient (Wildman–Crippen LogP) is 13.5. The normalized spacial score (nSPS) is 12.1. The molecule has 48 heavy (non-hydrogen) atoms. The lowest BCUT2D eigenvalue weighted by Crippen LogP contribution is -2.19. The van der Waals surface area contributed by atoms with Crippen LogP contribution in [0.1, 0.15) is 245 Å². The molecule has 0 spiro atoms. The van der Waals surface area contributed by atoms with Gasteiger partial charge in [-0.1, -0.05) is 175 Å². The van der Waals surface area contributed by atoms with Crippen LogP contribution in [0.15, 0.2) is 0 Å². The van der Waals surface area contributed by atoms with Gasteiger partial charge < -0.3 is 15.2 Å². The van der Waals surface area contributed by atoms with Gasteiger partial charge in [0, 0.05) is 18.9 Å². The van der Waals surface area contributed by atoms with Crippen LogP contribution in [-0.4, -0.2) is 30.7 Å². The fraction of sp³-hybridized carbons (Fsp3) is 0.953. The largest absolute Gasteiger partial charge is 0.466 e. The van der Waals surface area contributed by atoms with Gasteiger partial charge in [0.2, 0.25) is 0 Å². The Morgan fingerprint density at radius 2 is 0.750 bits per heavy atom. The van der Waals surface area contributed by atoms with Gasteiger partial charge in [0.25, 0.3) is 0 Å². The molecular weight excluding hydrogens is 594 g/mol. The van der Waals surface area contributed by atoms with E-state index >= 15 is 0 Å². The number of unbranched alkanes of at least 4 members (excludes halogenated alkanes) is 24.